The highest BCUT2D eigenvalue weighted by atomic mass is 35.5. The molecule has 8 heteroatoms. The SMILES string of the molecule is C/C=C(\C=NC)c1cnc2[nH]cc([C@@H](C)c3c(OC(F)F)ccc(F)c3Cl)c2c1. The number of hydrogen-bond acceptors (Lipinski definition) is 3. The normalized spacial score (nSPS) is 13.6. The number of H-pyrrole nitrogens is 1. The fraction of sp³-hybridized carbons (Fsp3) is 0.238. The second-order valence-corrected chi connectivity index (χ2v) is 6.75. The Morgan fingerprint density at radius 3 is 2.76 bits per heavy atom. The summed E-state index contributed by atoms with van der Waals surface area (Å²) >= 11 is 6.14. The van der Waals surface area contributed by atoms with Crippen molar-refractivity contribution in [2.75, 3.05) is 7.05 Å². The molecule has 0 aliphatic carbocycles. The van der Waals surface area contributed by atoms with Crippen LogP contribution in [0.5, 0.6) is 5.75 Å². The third-order valence-electron chi connectivity index (χ3n) is 4.68. The van der Waals surface area contributed by atoms with E-state index in [2.05, 4.69) is 19.7 Å². The van der Waals surface area contributed by atoms with Crippen molar-refractivity contribution in [3.8, 4) is 5.75 Å². The van der Waals surface area contributed by atoms with Crippen molar-refractivity contribution in [1.29, 1.82) is 0 Å². The molecule has 1 N–H and O–H groups in total. The number of allylic oxidation sites excluding steroid dienone is 2. The average Bonchev–Trinajstić information content (AvgIpc) is 3.11. The molecule has 0 amide bonds. The van der Waals surface area contributed by atoms with E-state index in [4.69, 9.17) is 11.6 Å². The summed E-state index contributed by atoms with van der Waals surface area (Å²) in [5.41, 5.74) is 3.22. The van der Waals surface area contributed by atoms with Gasteiger partial charge < -0.3 is 9.72 Å². The summed E-state index contributed by atoms with van der Waals surface area (Å²) in [5, 5.41) is 0.517. The second kappa shape index (κ2) is 8.69. The Morgan fingerprint density at radius 2 is 2.10 bits per heavy atom. The molecule has 0 spiro atoms. The monoisotopic (exact) mass is 421 g/mol. The van der Waals surface area contributed by atoms with E-state index in [0.29, 0.717) is 5.65 Å². The first-order valence-electron chi connectivity index (χ1n) is 8.85. The molecule has 0 unspecified atom stereocenters. The number of fused-ring (bicyclic) bond motifs is 1. The minimum absolute atomic E-state index is 0.152. The summed E-state index contributed by atoms with van der Waals surface area (Å²) in [5.74, 6) is -1.40. The first-order valence-corrected chi connectivity index (χ1v) is 9.23. The molecule has 1 atom stereocenters. The topological polar surface area (TPSA) is 50.3 Å². The standard InChI is InChI=1S/C21H19ClF3N3O/c1-4-12(8-26-3)13-7-14-15(10-28-20(14)27-9-13)11(2)18-17(29-21(24)25)6-5-16(23)19(18)22/h4-11,21H,1-3H3,(H,27,28)/b12-4+,26-8?/t11-/m1/s1. The van der Waals surface area contributed by atoms with Crippen molar-refractivity contribution in [3.63, 3.8) is 0 Å². The predicted molar refractivity (Wildman–Crippen MR) is 110 cm³/mol. The van der Waals surface area contributed by atoms with E-state index >= 15 is 0 Å². The number of pyridine rings is 1. The van der Waals surface area contributed by atoms with E-state index in [-0.39, 0.29) is 16.3 Å². The Kier molecular flexibility index (Phi) is 6.27. The lowest BCUT2D eigenvalue weighted by Gasteiger charge is -2.18. The largest absolute Gasteiger partial charge is 0.434 e. The maximum atomic E-state index is 14.1. The molecule has 29 heavy (non-hydrogen) atoms. The summed E-state index contributed by atoms with van der Waals surface area (Å²) in [7, 11) is 1.68. The number of ether oxygens (including phenoxy) is 1. The summed E-state index contributed by atoms with van der Waals surface area (Å²) < 4.78 is 44.4. The van der Waals surface area contributed by atoms with Crippen LogP contribution in [0.4, 0.5) is 13.2 Å². The molecule has 0 bridgehead atoms. The second-order valence-electron chi connectivity index (χ2n) is 6.37. The lowest BCUT2D eigenvalue weighted by Crippen LogP contribution is -2.08. The molecule has 3 rings (SSSR count). The predicted octanol–water partition coefficient (Wildman–Crippen LogP) is 6.21. The van der Waals surface area contributed by atoms with E-state index in [1.54, 1.807) is 32.6 Å². The van der Waals surface area contributed by atoms with Crippen LogP contribution in [-0.2, 0) is 0 Å². The highest BCUT2D eigenvalue weighted by molar-refractivity contribution is 6.31. The van der Waals surface area contributed by atoms with Gasteiger partial charge >= 0.3 is 6.61 Å². The van der Waals surface area contributed by atoms with Crippen molar-refractivity contribution in [2.24, 2.45) is 4.99 Å². The number of nitrogens with one attached hydrogen (secondary N) is 1. The molecule has 0 radical (unpaired) electrons. The van der Waals surface area contributed by atoms with Crippen LogP contribution >= 0.6 is 11.6 Å². The highest BCUT2D eigenvalue weighted by Crippen LogP contribution is 2.41. The third kappa shape index (κ3) is 4.15. The number of aromatic amines is 1. The molecule has 0 saturated carbocycles. The molecule has 0 fully saturated rings. The fourth-order valence-corrected chi connectivity index (χ4v) is 3.62. The molecule has 0 aliphatic heterocycles. The van der Waals surface area contributed by atoms with E-state index in [0.717, 1.165) is 34.2 Å². The molecule has 152 valence electrons. The maximum absolute atomic E-state index is 14.1. The number of nitrogens with zero attached hydrogens (tertiary/aromatic N) is 2. The number of aromatic nitrogens is 2. The molecule has 3 aromatic rings. The Bertz CT molecular complexity index is 1090. The Morgan fingerprint density at radius 1 is 1.34 bits per heavy atom. The number of halogens is 4. The summed E-state index contributed by atoms with van der Waals surface area (Å²) in [4.78, 5) is 11.5. The fourth-order valence-electron chi connectivity index (χ4n) is 3.30. The third-order valence-corrected chi connectivity index (χ3v) is 5.07. The van der Waals surface area contributed by atoms with Gasteiger partial charge in [0.05, 0.1) is 5.02 Å². The summed E-state index contributed by atoms with van der Waals surface area (Å²) in [6, 6.07) is 4.09. The van der Waals surface area contributed by atoms with Gasteiger partial charge in [0.2, 0.25) is 0 Å². The van der Waals surface area contributed by atoms with Gasteiger partial charge in [0.15, 0.2) is 0 Å². The van der Waals surface area contributed by atoms with Crippen molar-refractivity contribution >= 4 is 34.4 Å². The van der Waals surface area contributed by atoms with Crippen LogP contribution in [-0.4, -0.2) is 29.8 Å². The van der Waals surface area contributed by atoms with E-state index in [1.807, 2.05) is 19.1 Å². The Hall–Kier alpha value is -2.80. The van der Waals surface area contributed by atoms with Crippen LogP contribution in [0.1, 0.15) is 36.5 Å². The van der Waals surface area contributed by atoms with Crippen LogP contribution in [0.2, 0.25) is 5.02 Å². The molecule has 2 aromatic heterocycles. The number of rotatable bonds is 6. The molecule has 0 aliphatic rings. The lowest BCUT2D eigenvalue weighted by molar-refractivity contribution is -0.0505. The number of benzene rings is 1. The van der Waals surface area contributed by atoms with Crippen LogP contribution < -0.4 is 4.74 Å². The molecular formula is C21H19ClF3N3O. The molecule has 4 nitrogen and oxygen atoms in total. The van der Waals surface area contributed by atoms with Gasteiger partial charge in [-0.05, 0) is 36.3 Å². The number of aliphatic imine (C=N–C) groups is 1. The van der Waals surface area contributed by atoms with Gasteiger partial charge in [-0.1, -0.05) is 24.6 Å². The van der Waals surface area contributed by atoms with Gasteiger partial charge in [0.1, 0.15) is 17.2 Å². The van der Waals surface area contributed by atoms with Crippen molar-refractivity contribution in [3.05, 3.63) is 64.2 Å². The Labute approximate surface area is 171 Å². The quantitative estimate of drug-likeness (QED) is 0.481. The first kappa shape index (κ1) is 20.9. The first-order chi connectivity index (χ1) is 13.9. The van der Waals surface area contributed by atoms with Gasteiger partial charge in [-0.15, -0.1) is 0 Å². The summed E-state index contributed by atoms with van der Waals surface area (Å²) in [6.45, 7) is 0.588. The zero-order valence-electron chi connectivity index (χ0n) is 16.0. The summed E-state index contributed by atoms with van der Waals surface area (Å²) in [6.07, 6.45) is 7.05. The van der Waals surface area contributed by atoms with Crippen LogP contribution in [0.15, 0.2) is 41.7 Å². The molecular weight excluding hydrogens is 403 g/mol. The van der Waals surface area contributed by atoms with E-state index in [1.165, 1.54) is 0 Å². The lowest BCUT2D eigenvalue weighted by atomic mass is 9.91. The van der Waals surface area contributed by atoms with Gasteiger partial charge in [0.25, 0.3) is 0 Å². The van der Waals surface area contributed by atoms with Gasteiger partial charge in [-0.3, -0.25) is 4.99 Å². The molecule has 1 aromatic carbocycles. The minimum atomic E-state index is -3.05. The number of alkyl halides is 2. The maximum Gasteiger partial charge on any atom is 0.387 e. The molecule has 2 heterocycles. The minimum Gasteiger partial charge on any atom is -0.434 e. The van der Waals surface area contributed by atoms with Crippen molar-refractivity contribution < 1.29 is 17.9 Å². The Balaban J connectivity index is 2.15. The zero-order valence-corrected chi connectivity index (χ0v) is 16.8. The van der Waals surface area contributed by atoms with Crippen molar-refractivity contribution in [2.45, 2.75) is 26.4 Å². The van der Waals surface area contributed by atoms with E-state index < -0.39 is 18.3 Å². The molecule has 0 saturated heterocycles. The smallest absolute Gasteiger partial charge is 0.387 e. The van der Waals surface area contributed by atoms with Gasteiger partial charge in [0, 0.05) is 48.1 Å². The highest BCUT2D eigenvalue weighted by Gasteiger charge is 2.24. The van der Waals surface area contributed by atoms with Gasteiger partial charge in [-0.25, -0.2) is 9.37 Å². The average molecular weight is 422 g/mol. The zero-order chi connectivity index (χ0) is 21.1. The van der Waals surface area contributed by atoms with Gasteiger partial charge in [-0.2, -0.15) is 8.78 Å². The van der Waals surface area contributed by atoms with Crippen molar-refractivity contribution in [1.82, 2.24) is 9.97 Å². The number of hydrogen-bond donors (Lipinski definition) is 1. The van der Waals surface area contributed by atoms with Crippen LogP contribution in [0.3, 0.4) is 0 Å². The van der Waals surface area contributed by atoms with Crippen LogP contribution in [0, 0.1) is 5.82 Å². The van der Waals surface area contributed by atoms with Crippen LogP contribution in [0.25, 0.3) is 16.6 Å². The van der Waals surface area contributed by atoms with E-state index in [9.17, 15) is 13.2 Å².